The normalized spacial score (nSPS) is 11.4. The van der Waals surface area contributed by atoms with Crippen molar-refractivity contribution in [2.75, 3.05) is 5.75 Å². The predicted octanol–water partition coefficient (Wildman–Crippen LogP) is 5.94. The number of aryl methyl sites for hydroxylation is 2. The Morgan fingerprint density at radius 1 is 1.06 bits per heavy atom. The van der Waals surface area contributed by atoms with Crippen molar-refractivity contribution in [3.63, 3.8) is 0 Å². The molecule has 0 saturated heterocycles. The molecule has 0 aliphatic carbocycles. The second kappa shape index (κ2) is 9.88. The molecule has 164 valence electrons. The molecule has 1 amide bonds. The number of halogens is 1. The minimum absolute atomic E-state index is 0.0878. The number of aromatic nitrogens is 3. The van der Waals surface area contributed by atoms with E-state index >= 15 is 0 Å². The van der Waals surface area contributed by atoms with E-state index < -0.39 is 0 Å². The average molecular weight is 457 g/mol. The second-order valence-electron chi connectivity index (χ2n) is 8.19. The van der Waals surface area contributed by atoms with E-state index in [1.54, 1.807) is 0 Å². The summed E-state index contributed by atoms with van der Waals surface area (Å²) in [6, 6.07) is 14.2. The van der Waals surface area contributed by atoms with Crippen LogP contribution < -0.4 is 0 Å². The minimum atomic E-state index is 0.0878. The van der Waals surface area contributed by atoms with E-state index in [1.807, 2.05) is 61.4 Å². The molecule has 0 N–H and O–H groups in total. The third kappa shape index (κ3) is 5.13. The fourth-order valence-electron chi connectivity index (χ4n) is 3.73. The standard InChI is InChI=1S/C24H29ClN4OS/c1-15(2)28(16(3)4)22(30)14-31-24-27-26-23(19-9-7-8-10-20(19)25)29(24)21-13-17(5)11-12-18(21)6/h7-13,15-16H,14H2,1-6H3. The highest BCUT2D eigenvalue weighted by molar-refractivity contribution is 7.99. The zero-order chi connectivity index (χ0) is 22.7. The lowest BCUT2D eigenvalue weighted by Gasteiger charge is -2.30. The summed E-state index contributed by atoms with van der Waals surface area (Å²) in [7, 11) is 0. The highest BCUT2D eigenvalue weighted by atomic mass is 35.5. The maximum absolute atomic E-state index is 12.9. The number of hydrogen-bond acceptors (Lipinski definition) is 4. The molecule has 7 heteroatoms. The topological polar surface area (TPSA) is 51.0 Å². The van der Waals surface area contributed by atoms with E-state index in [4.69, 9.17) is 11.6 Å². The van der Waals surface area contributed by atoms with Gasteiger partial charge in [0.25, 0.3) is 0 Å². The minimum Gasteiger partial charge on any atom is -0.337 e. The first-order chi connectivity index (χ1) is 14.7. The van der Waals surface area contributed by atoms with Gasteiger partial charge < -0.3 is 4.90 Å². The Balaban J connectivity index is 2.05. The number of carbonyl (C=O) groups excluding carboxylic acids is 1. The number of nitrogens with zero attached hydrogens (tertiary/aromatic N) is 4. The van der Waals surface area contributed by atoms with Crippen molar-refractivity contribution in [1.29, 1.82) is 0 Å². The Bertz CT molecular complexity index is 1070. The van der Waals surface area contributed by atoms with Crippen LogP contribution in [0, 0.1) is 13.8 Å². The summed E-state index contributed by atoms with van der Waals surface area (Å²) < 4.78 is 2.01. The van der Waals surface area contributed by atoms with Crippen LogP contribution in [0.5, 0.6) is 0 Å². The molecule has 3 rings (SSSR count). The number of thioether (sulfide) groups is 1. The largest absolute Gasteiger partial charge is 0.337 e. The molecular formula is C24H29ClN4OS. The van der Waals surface area contributed by atoms with Gasteiger partial charge in [0, 0.05) is 17.6 Å². The van der Waals surface area contributed by atoms with Gasteiger partial charge in [-0.15, -0.1) is 10.2 Å². The van der Waals surface area contributed by atoms with Crippen LogP contribution in [0.1, 0.15) is 38.8 Å². The first-order valence-corrected chi connectivity index (χ1v) is 11.8. The first kappa shape index (κ1) is 23.4. The lowest BCUT2D eigenvalue weighted by molar-refractivity contribution is -0.131. The van der Waals surface area contributed by atoms with Crippen LogP contribution in [-0.4, -0.2) is 43.4 Å². The lowest BCUT2D eigenvalue weighted by Crippen LogP contribution is -2.43. The summed E-state index contributed by atoms with van der Waals surface area (Å²) in [4.78, 5) is 14.8. The van der Waals surface area contributed by atoms with Gasteiger partial charge in [-0.1, -0.05) is 47.6 Å². The summed E-state index contributed by atoms with van der Waals surface area (Å²) in [5.74, 6) is 1.05. The van der Waals surface area contributed by atoms with Gasteiger partial charge in [0.1, 0.15) is 0 Å². The van der Waals surface area contributed by atoms with E-state index in [0.29, 0.717) is 21.8 Å². The molecule has 5 nitrogen and oxygen atoms in total. The molecule has 0 radical (unpaired) electrons. The van der Waals surface area contributed by atoms with Crippen molar-refractivity contribution >= 4 is 29.3 Å². The molecule has 3 aromatic rings. The van der Waals surface area contributed by atoms with Gasteiger partial charge in [0.05, 0.1) is 16.5 Å². The Labute approximate surface area is 193 Å². The number of rotatable bonds is 7. The van der Waals surface area contributed by atoms with Crippen LogP contribution in [0.4, 0.5) is 0 Å². The summed E-state index contributed by atoms with van der Waals surface area (Å²) >= 11 is 7.89. The molecule has 0 spiro atoms. The van der Waals surface area contributed by atoms with E-state index in [0.717, 1.165) is 22.4 Å². The van der Waals surface area contributed by atoms with Gasteiger partial charge in [0.2, 0.25) is 5.91 Å². The first-order valence-electron chi connectivity index (χ1n) is 10.4. The van der Waals surface area contributed by atoms with Crippen LogP contribution in [0.15, 0.2) is 47.6 Å². The Kier molecular flexibility index (Phi) is 7.44. The molecule has 31 heavy (non-hydrogen) atoms. The second-order valence-corrected chi connectivity index (χ2v) is 9.54. The zero-order valence-electron chi connectivity index (χ0n) is 18.9. The van der Waals surface area contributed by atoms with Crippen molar-refractivity contribution in [3.8, 4) is 17.1 Å². The fourth-order valence-corrected chi connectivity index (χ4v) is 4.77. The molecule has 0 fully saturated rings. The molecule has 0 unspecified atom stereocenters. The number of benzene rings is 2. The van der Waals surface area contributed by atoms with Gasteiger partial charge in [0.15, 0.2) is 11.0 Å². The zero-order valence-corrected chi connectivity index (χ0v) is 20.5. The maximum Gasteiger partial charge on any atom is 0.233 e. The van der Waals surface area contributed by atoms with Crippen LogP contribution in [0.25, 0.3) is 17.1 Å². The SMILES string of the molecule is Cc1ccc(C)c(-n2c(SCC(=O)N(C(C)C)C(C)C)nnc2-c2ccccc2Cl)c1. The summed E-state index contributed by atoms with van der Waals surface area (Å²) in [6.07, 6.45) is 0. The van der Waals surface area contributed by atoms with Crippen LogP contribution in [0.2, 0.25) is 5.02 Å². The van der Waals surface area contributed by atoms with Crippen molar-refractivity contribution in [2.24, 2.45) is 0 Å². The number of hydrogen-bond donors (Lipinski definition) is 0. The molecule has 0 aliphatic heterocycles. The van der Waals surface area contributed by atoms with Gasteiger partial charge in [-0.2, -0.15) is 0 Å². The highest BCUT2D eigenvalue weighted by Gasteiger charge is 2.23. The van der Waals surface area contributed by atoms with E-state index in [-0.39, 0.29) is 18.0 Å². The van der Waals surface area contributed by atoms with Crippen LogP contribution in [-0.2, 0) is 4.79 Å². The van der Waals surface area contributed by atoms with Crippen molar-refractivity contribution < 1.29 is 4.79 Å². The maximum atomic E-state index is 12.9. The highest BCUT2D eigenvalue weighted by Crippen LogP contribution is 2.33. The van der Waals surface area contributed by atoms with Crippen molar-refractivity contribution in [1.82, 2.24) is 19.7 Å². The quantitative estimate of drug-likeness (QED) is 0.412. The Hall–Kier alpha value is -2.31. The van der Waals surface area contributed by atoms with Crippen LogP contribution in [0.3, 0.4) is 0 Å². The fraction of sp³-hybridized carbons (Fsp3) is 0.375. The summed E-state index contributed by atoms with van der Waals surface area (Å²) in [5, 5.41) is 10.2. The molecule has 0 bridgehead atoms. The van der Waals surface area contributed by atoms with Gasteiger partial charge in [-0.05, 0) is 70.9 Å². The summed E-state index contributed by atoms with van der Waals surface area (Å²) in [6.45, 7) is 12.3. The number of amides is 1. The predicted molar refractivity (Wildman–Crippen MR) is 129 cm³/mol. The average Bonchev–Trinajstić information content (AvgIpc) is 3.11. The van der Waals surface area contributed by atoms with Gasteiger partial charge >= 0.3 is 0 Å². The molecule has 0 aliphatic rings. The van der Waals surface area contributed by atoms with Crippen molar-refractivity contribution in [3.05, 3.63) is 58.6 Å². The third-order valence-electron chi connectivity index (χ3n) is 5.08. The van der Waals surface area contributed by atoms with Crippen molar-refractivity contribution in [2.45, 2.75) is 58.8 Å². The third-order valence-corrected chi connectivity index (χ3v) is 6.32. The van der Waals surface area contributed by atoms with Gasteiger partial charge in [-0.3, -0.25) is 9.36 Å². The molecule has 2 aromatic carbocycles. The molecule has 0 saturated carbocycles. The van der Waals surface area contributed by atoms with Gasteiger partial charge in [-0.25, -0.2) is 0 Å². The number of carbonyl (C=O) groups is 1. The Morgan fingerprint density at radius 3 is 2.39 bits per heavy atom. The monoisotopic (exact) mass is 456 g/mol. The smallest absolute Gasteiger partial charge is 0.233 e. The lowest BCUT2D eigenvalue weighted by atomic mass is 10.1. The molecular weight excluding hydrogens is 428 g/mol. The molecule has 0 atom stereocenters. The van der Waals surface area contributed by atoms with E-state index in [2.05, 4.69) is 42.2 Å². The summed E-state index contributed by atoms with van der Waals surface area (Å²) in [5.41, 5.74) is 4.02. The van der Waals surface area contributed by atoms with E-state index in [9.17, 15) is 4.79 Å². The molecule has 1 aromatic heterocycles. The van der Waals surface area contributed by atoms with Crippen LogP contribution >= 0.6 is 23.4 Å². The molecule has 1 heterocycles. The Morgan fingerprint density at radius 2 is 1.74 bits per heavy atom. The van der Waals surface area contributed by atoms with E-state index in [1.165, 1.54) is 11.8 Å².